The number of ether oxygens (including phenoxy) is 1. The van der Waals surface area contributed by atoms with E-state index in [4.69, 9.17) is 4.74 Å². The third kappa shape index (κ3) is 5.23. The molecule has 1 aliphatic rings. The Balaban J connectivity index is 2.19. The molecule has 15 heavy (non-hydrogen) atoms. The number of methoxy groups -OCH3 is 1. The highest BCUT2D eigenvalue weighted by atomic mass is 32.2. The summed E-state index contributed by atoms with van der Waals surface area (Å²) < 4.78 is 5.10. The zero-order valence-electron chi connectivity index (χ0n) is 10.3. The summed E-state index contributed by atoms with van der Waals surface area (Å²) in [6.07, 6.45) is 8.86. The maximum absolute atomic E-state index is 5.10. The van der Waals surface area contributed by atoms with Gasteiger partial charge in [-0.1, -0.05) is 6.42 Å². The molecule has 0 heterocycles. The summed E-state index contributed by atoms with van der Waals surface area (Å²) in [5.74, 6) is 0. The molecule has 0 aromatic carbocycles. The molecule has 0 aliphatic heterocycles. The third-order valence-corrected chi connectivity index (χ3v) is 4.33. The molecule has 1 fully saturated rings. The van der Waals surface area contributed by atoms with Gasteiger partial charge in [-0.3, -0.25) is 0 Å². The fourth-order valence-corrected chi connectivity index (χ4v) is 3.12. The lowest BCUT2D eigenvalue weighted by molar-refractivity contribution is 0.180. The lowest BCUT2D eigenvalue weighted by Crippen LogP contribution is -2.40. The molecule has 2 nitrogen and oxygen atoms in total. The summed E-state index contributed by atoms with van der Waals surface area (Å²) in [4.78, 5) is 0. The molecule has 0 radical (unpaired) electrons. The molecule has 3 unspecified atom stereocenters. The highest BCUT2D eigenvalue weighted by Crippen LogP contribution is 2.27. The van der Waals surface area contributed by atoms with Gasteiger partial charge in [0.05, 0.1) is 0 Å². The first kappa shape index (κ1) is 13.3. The Hall–Kier alpha value is 0.270. The van der Waals surface area contributed by atoms with E-state index in [0.717, 1.165) is 24.3 Å². The van der Waals surface area contributed by atoms with E-state index in [0.29, 0.717) is 6.04 Å². The first-order valence-electron chi connectivity index (χ1n) is 6.04. The zero-order valence-corrected chi connectivity index (χ0v) is 11.1. The summed E-state index contributed by atoms with van der Waals surface area (Å²) in [5.41, 5.74) is 0. The van der Waals surface area contributed by atoms with Crippen molar-refractivity contribution in [1.29, 1.82) is 0 Å². The Morgan fingerprint density at radius 1 is 1.47 bits per heavy atom. The molecule has 3 atom stereocenters. The van der Waals surface area contributed by atoms with Crippen LogP contribution in [-0.4, -0.2) is 37.3 Å². The summed E-state index contributed by atoms with van der Waals surface area (Å²) >= 11 is 2.03. The van der Waals surface area contributed by atoms with Gasteiger partial charge in [-0.05, 0) is 38.9 Å². The largest absolute Gasteiger partial charge is 0.385 e. The fourth-order valence-electron chi connectivity index (χ4n) is 2.29. The molecule has 1 saturated carbocycles. The van der Waals surface area contributed by atoms with Crippen molar-refractivity contribution >= 4 is 11.8 Å². The Morgan fingerprint density at radius 2 is 2.27 bits per heavy atom. The van der Waals surface area contributed by atoms with Crippen molar-refractivity contribution < 1.29 is 4.74 Å². The van der Waals surface area contributed by atoms with E-state index in [1.165, 1.54) is 25.7 Å². The number of hydrogen-bond acceptors (Lipinski definition) is 3. The average Bonchev–Trinajstić information content (AvgIpc) is 2.26. The molecule has 90 valence electrons. The van der Waals surface area contributed by atoms with Gasteiger partial charge < -0.3 is 10.1 Å². The van der Waals surface area contributed by atoms with Crippen LogP contribution in [0.2, 0.25) is 0 Å². The van der Waals surface area contributed by atoms with E-state index < -0.39 is 0 Å². The van der Waals surface area contributed by atoms with Crippen LogP contribution >= 0.6 is 11.8 Å². The molecule has 0 spiro atoms. The van der Waals surface area contributed by atoms with Crippen LogP contribution < -0.4 is 5.32 Å². The second-order valence-electron chi connectivity index (χ2n) is 4.57. The first-order chi connectivity index (χ1) is 7.26. The van der Waals surface area contributed by atoms with Gasteiger partial charge in [-0.25, -0.2) is 0 Å². The highest BCUT2D eigenvalue weighted by Gasteiger charge is 2.21. The van der Waals surface area contributed by atoms with Crippen molar-refractivity contribution in [2.75, 3.05) is 20.0 Å². The maximum atomic E-state index is 5.10. The SMILES string of the molecule is COCCC(C)NC1CCCC(SC)C1. The number of nitrogens with one attached hydrogen (secondary N) is 1. The van der Waals surface area contributed by atoms with Gasteiger partial charge in [-0.15, -0.1) is 0 Å². The maximum Gasteiger partial charge on any atom is 0.0476 e. The topological polar surface area (TPSA) is 21.3 Å². The van der Waals surface area contributed by atoms with Gasteiger partial charge in [0, 0.05) is 31.1 Å². The van der Waals surface area contributed by atoms with Gasteiger partial charge in [0.2, 0.25) is 0 Å². The first-order valence-corrected chi connectivity index (χ1v) is 7.32. The average molecular weight is 231 g/mol. The van der Waals surface area contributed by atoms with E-state index in [2.05, 4.69) is 18.5 Å². The monoisotopic (exact) mass is 231 g/mol. The van der Waals surface area contributed by atoms with Crippen LogP contribution in [0.5, 0.6) is 0 Å². The van der Waals surface area contributed by atoms with Crippen LogP contribution in [0.15, 0.2) is 0 Å². The van der Waals surface area contributed by atoms with Gasteiger partial charge in [0.15, 0.2) is 0 Å². The van der Waals surface area contributed by atoms with Crippen LogP contribution in [0.4, 0.5) is 0 Å². The van der Waals surface area contributed by atoms with E-state index in [1.807, 2.05) is 11.8 Å². The van der Waals surface area contributed by atoms with Crippen molar-refractivity contribution in [1.82, 2.24) is 5.32 Å². The lowest BCUT2D eigenvalue weighted by atomic mass is 9.94. The minimum Gasteiger partial charge on any atom is -0.385 e. The minimum absolute atomic E-state index is 0.593. The minimum atomic E-state index is 0.593. The molecule has 3 heteroatoms. The summed E-state index contributed by atoms with van der Waals surface area (Å²) in [6.45, 7) is 3.13. The van der Waals surface area contributed by atoms with Crippen molar-refractivity contribution in [3.63, 3.8) is 0 Å². The quantitative estimate of drug-likeness (QED) is 0.759. The van der Waals surface area contributed by atoms with Crippen molar-refractivity contribution in [3.8, 4) is 0 Å². The smallest absolute Gasteiger partial charge is 0.0476 e. The molecule has 1 N–H and O–H groups in total. The lowest BCUT2D eigenvalue weighted by Gasteiger charge is -2.31. The van der Waals surface area contributed by atoms with Crippen LogP contribution in [0.1, 0.15) is 39.0 Å². The third-order valence-electron chi connectivity index (χ3n) is 3.23. The van der Waals surface area contributed by atoms with E-state index in [9.17, 15) is 0 Å². The molecule has 0 aromatic heterocycles. The molecule has 0 aromatic rings. The van der Waals surface area contributed by atoms with Crippen molar-refractivity contribution in [2.45, 2.75) is 56.4 Å². The van der Waals surface area contributed by atoms with Crippen LogP contribution in [-0.2, 0) is 4.74 Å². The number of hydrogen-bond donors (Lipinski definition) is 1. The zero-order chi connectivity index (χ0) is 11.1. The normalized spacial score (nSPS) is 29.0. The summed E-state index contributed by atoms with van der Waals surface area (Å²) in [6, 6.07) is 1.33. The summed E-state index contributed by atoms with van der Waals surface area (Å²) in [7, 11) is 1.77. The van der Waals surface area contributed by atoms with Crippen LogP contribution in [0.25, 0.3) is 0 Å². The molecular formula is C12H25NOS. The van der Waals surface area contributed by atoms with Crippen LogP contribution in [0.3, 0.4) is 0 Å². The van der Waals surface area contributed by atoms with E-state index in [-0.39, 0.29) is 0 Å². The van der Waals surface area contributed by atoms with Gasteiger partial charge >= 0.3 is 0 Å². The van der Waals surface area contributed by atoms with Crippen LogP contribution in [0, 0.1) is 0 Å². The second kappa shape index (κ2) is 7.53. The standard InChI is InChI=1S/C12H25NOS/c1-10(7-8-14-2)13-11-5-4-6-12(9-11)15-3/h10-13H,4-9H2,1-3H3. The number of rotatable bonds is 6. The van der Waals surface area contributed by atoms with Crippen molar-refractivity contribution in [3.05, 3.63) is 0 Å². The molecule has 0 amide bonds. The van der Waals surface area contributed by atoms with Gasteiger partial charge in [0.1, 0.15) is 0 Å². The Morgan fingerprint density at radius 3 is 2.93 bits per heavy atom. The van der Waals surface area contributed by atoms with Gasteiger partial charge in [-0.2, -0.15) is 11.8 Å². The predicted octanol–water partition coefficient (Wildman–Crippen LogP) is 2.68. The Kier molecular flexibility index (Phi) is 6.69. The predicted molar refractivity (Wildman–Crippen MR) is 68.6 cm³/mol. The molecule has 0 saturated heterocycles. The Labute approximate surface area is 98.5 Å². The van der Waals surface area contributed by atoms with Gasteiger partial charge in [0.25, 0.3) is 0 Å². The van der Waals surface area contributed by atoms with E-state index in [1.54, 1.807) is 7.11 Å². The highest BCUT2D eigenvalue weighted by molar-refractivity contribution is 7.99. The van der Waals surface area contributed by atoms with Crippen molar-refractivity contribution in [2.24, 2.45) is 0 Å². The Bertz CT molecular complexity index is 166. The molecular weight excluding hydrogens is 206 g/mol. The van der Waals surface area contributed by atoms with E-state index >= 15 is 0 Å². The summed E-state index contributed by atoms with van der Waals surface area (Å²) in [5, 5.41) is 4.61. The second-order valence-corrected chi connectivity index (χ2v) is 5.71. The number of thioether (sulfide) groups is 1. The molecule has 1 rings (SSSR count). The fraction of sp³-hybridized carbons (Fsp3) is 1.00. The molecule has 0 bridgehead atoms. The molecule has 1 aliphatic carbocycles.